The molecule has 3 aromatic rings. The van der Waals surface area contributed by atoms with Crippen molar-refractivity contribution in [3.63, 3.8) is 0 Å². The number of carbonyl (C=O) groups excluding carboxylic acids is 1. The van der Waals surface area contributed by atoms with E-state index >= 15 is 0 Å². The standard InChI is InChI=1S/C27H26F3N3O3/c1-15-13-32(14-31-15)23-6-3-16(8-25(23)36-2)7-17-4-5-19-11-20(34)12-24(33(19)27(17)35)18-9-21(28)26(30)22(29)10-18/h3,6-10,13-14,19-20,24,34H,4-5,11-12H2,1-2H3/b17-7+. The van der Waals surface area contributed by atoms with E-state index in [0.29, 0.717) is 30.6 Å². The van der Waals surface area contributed by atoms with Crippen LogP contribution in [0.1, 0.15) is 48.5 Å². The number of hydrogen-bond acceptors (Lipinski definition) is 4. The second kappa shape index (κ2) is 9.46. The van der Waals surface area contributed by atoms with Crippen LogP contribution in [0.4, 0.5) is 13.2 Å². The lowest BCUT2D eigenvalue weighted by Crippen LogP contribution is -2.52. The molecule has 2 fully saturated rings. The van der Waals surface area contributed by atoms with Crippen molar-refractivity contribution in [2.45, 2.75) is 50.8 Å². The van der Waals surface area contributed by atoms with E-state index in [2.05, 4.69) is 4.98 Å². The molecule has 2 aromatic carbocycles. The highest BCUT2D eigenvalue weighted by atomic mass is 19.2. The van der Waals surface area contributed by atoms with Crippen molar-refractivity contribution >= 4 is 12.0 Å². The number of halogens is 3. The topological polar surface area (TPSA) is 67.6 Å². The summed E-state index contributed by atoms with van der Waals surface area (Å²) in [5, 5.41) is 10.4. The smallest absolute Gasteiger partial charge is 0.250 e. The molecule has 0 bridgehead atoms. The molecule has 1 aromatic heterocycles. The van der Waals surface area contributed by atoms with Gasteiger partial charge in [-0.15, -0.1) is 0 Å². The molecular weight excluding hydrogens is 471 g/mol. The lowest BCUT2D eigenvalue weighted by molar-refractivity contribution is -0.139. The summed E-state index contributed by atoms with van der Waals surface area (Å²) in [5.74, 6) is -3.84. The van der Waals surface area contributed by atoms with Crippen molar-refractivity contribution in [3.05, 3.63) is 82.7 Å². The number of rotatable bonds is 4. The minimum Gasteiger partial charge on any atom is -0.495 e. The van der Waals surface area contributed by atoms with Gasteiger partial charge in [0.1, 0.15) is 5.75 Å². The van der Waals surface area contributed by atoms with Gasteiger partial charge in [0.25, 0.3) is 5.91 Å². The normalized spacial score (nSPS) is 23.2. The van der Waals surface area contributed by atoms with E-state index < -0.39 is 29.6 Å². The lowest BCUT2D eigenvalue weighted by atomic mass is 9.82. The number of imidazole rings is 1. The van der Waals surface area contributed by atoms with E-state index in [-0.39, 0.29) is 23.9 Å². The Morgan fingerprint density at radius 1 is 1.14 bits per heavy atom. The van der Waals surface area contributed by atoms with Crippen molar-refractivity contribution in [1.82, 2.24) is 14.5 Å². The van der Waals surface area contributed by atoms with Crippen LogP contribution in [0.3, 0.4) is 0 Å². The molecule has 3 heterocycles. The summed E-state index contributed by atoms with van der Waals surface area (Å²) in [6.07, 6.45) is 6.24. The van der Waals surface area contributed by atoms with Crippen LogP contribution in [0.2, 0.25) is 0 Å². The number of nitrogens with zero attached hydrogens (tertiary/aromatic N) is 3. The predicted octanol–water partition coefficient (Wildman–Crippen LogP) is 4.88. The predicted molar refractivity (Wildman–Crippen MR) is 127 cm³/mol. The van der Waals surface area contributed by atoms with Crippen LogP contribution in [0.15, 0.2) is 48.4 Å². The highest BCUT2D eigenvalue weighted by Gasteiger charge is 2.42. The molecule has 0 saturated carbocycles. The van der Waals surface area contributed by atoms with Crippen LogP contribution in [0.5, 0.6) is 5.75 Å². The molecule has 1 N–H and O–H groups in total. The molecule has 36 heavy (non-hydrogen) atoms. The molecule has 6 nitrogen and oxygen atoms in total. The van der Waals surface area contributed by atoms with E-state index in [1.54, 1.807) is 24.4 Å². The molecule has 5 rings (SSSR count). The number of hydrogen-bond donors (Lipinski definition) is 1. The van der Waals surface area contributed by atoms with Crippen LogP contribution < -0.4 is 4.74 Å². The summed E-state index contributed by atoms with van der Waals surface area (Å²) in [4.78, 5) is 19.4. The molecule has 2 saturated heterocycles. The van der Waals surface area contributed by atoms with Gasteiger partial charge >= 0.3 is 0 Å². The van der Waals surface area contributed by atoms with Crippen LogP contribution in [0.25, 0.3) is 11.8 Å². The molecule has 0 radical (unpaired) electrons. The van der Waals surface area contributed by atoms with E-state index in [1.165, 1.54) is 0 Å². The third-order valence-electron chi connectivity index (χ3n) is 6.95. The average molecular weight is 498 g/mol. The van der Waals surface area contributed by atoms with E-state index in [4.69, 9.17) is 4.74 Å². The molecule has 188 valence electrons. The second-order valence-electron chi connectivity index (χ2n) is 9.37. The van der Waals surface area contributed by atoms with Gasteiger partial charge in [-0.2, -0.15) is 0 Å². The van der Waals surface area contributed by atoms with Gasteiger partial charge in [0.2, 0.25) is 0 Å². The molecule has 9 heteroatoms. The fourth-order valence-electron chi connectivity index (χ4n) is 5.26. The SMILES string of the molecule is COc1cc(/C=C2\CCC3CC(O)CC(c4cc(F)c(F)c(F)c4)N3C2=O)ccc1-n1cnc(C)c1. The van der Waals surface area contributed by atoms with E-state index in [0.717, 1.165) is 29.1 Å². The van der Waals surface area contributed by atoms with Crippen LogP contribution in [0, 0.1) is 24.4 Å². The highest BCUT2D eigenvalue weighted by molar-refractivity contribution is 5.99. The molecule has 2 aliphatic rings. The van der Waals surface area contributed by atoms with Gasteiger partial charge in [0.15, 0.2) is 17.5 Å². The summed E-state index contributed by atoms with van der Waals surface area (Å²) < 4.78 is 49.0. The van der Waals surface area contributed by atoms with Gasteiger partial charge in [-0.3, -0.25) is 4.79 Å². The first-order valence-electron chi connectivity index (χ1n) is 11.8. The van der Waals surface area contributed by atoms with Crippen molar-refractivity contribution in [3.8, 4) is 11.4 Å². The minimum absolute atomic E-state index is 0.118. The molecule has 0 spiro atoms. The van der Waals surface area contributed by atoms with E-state index in [9.17, 15) is 23.1 Å². The molecule has 2 aliphatic heterocycles. The first kappa shape index (κ1) is 24.1. The molecule has 1 amide bonds. The van der Waals surface area contributed by atoms with Crippen LogP contribution >= 0.6 is 0 Å². The quantitative estimate of drug-likeness (QED) is 0.412. The van der Waals surface area contributed by atoms with Crippen molar-refractivity contribution in [2.75, 3.05) is 7.11 Å². The zero-order valence-electron chi connectivity index (χ0n) is 19.9. The Labute approximate surface area is 206 Å². The number of aromatic nitrogens is 2. The van der Waals surface area contributed by atoms with Gasteiger partial charge in [-0.05, 0) is 74.1 Å². The maximum atomic E-state index is 14.0. The number of piperidine rings is 2. The van der Waals surface area contributed by atoms with Gasteiger partial charge in [0, 0.05) is 17.8 Å². The van der Waals surface area contributed by atoms with Gasteiger partial charge in [-0.1, -0.05) is 6.07 Å². The Hall–Kier alpha value is -3.59. The van der Waals surface area contributed by atoms with Gasteiger partial charge in [-0.25, -0.2) is 18.2 Å². The number of carbonyl (C=O) groups is 1. The molecular formula is C27H26F3N3O3. The number of aryl methyl sites for hydroxylation is 1. The third-order valence-corrected chi connectivity index (χ3v) is 6.95. The maximum Gasteiger partial charge on any atom is 0.250 e. The molecule has 0 aliphatic carbocycles. The number of aliphatic hydroxyl groups is 1. The summed E-state index contributed by atoms with van der Waals surface area (Å²) >= 11 is 0. The number of aliphatic hydroxyl groups excluding tert-OH is 1. The number of methoxy groups -OCH3 is 1. The van der Waals surface area contributed by atoms with Crippen molar-refractivity contribution in [1.29, 1.82) is 0 Å². The number of benzene rings is 2. The third kappa shape index (κ3) is 4.39. The Morgan fingerprint density at radius 2 is 1.89 bits per heavy atom. The van der Waals surface area contributed by atoms with Gasteiger partial charge < -0.3 is 19.3 Å². The second-order valence-corrected chi connectivity index (χ2v) is 9.37. The first-order valence-corrected chi connectivity index (χ1v) is 11.8. The summed E-state index contributed by atoms with van der Waals surface area (Å²) in [7, 11) is 1.57. The summed E-state index contributed by atoms with van der Waals surface area (Å²) in [6, 6.07) is 6.37. The van der Waals surface area contributed by atoms with Gasteiger partial charge in [0.05, 0.1) is 37.0 Å². The fourth-order valence-corrected chi connectivity index (χ4v) is 5.26. The van der Waals surface area contributed by atoms with Crippen molar-refractivity contribution in [2.24, 2.45) is 0 Å². The van der Waals surface area contributed by atoms with E-state index in [1.807, 2.05) is 35.9 Å². The minimum atomic E-state index is -1.56. The molecule has 3 atom stereocenters. The number of ether oxygens (including phenoxy) is 1. The fraction of sp³-hybridized carbons (Fsp3) is 0.333. The number of amides is 1. The average Bonchev–Trinajstić information content (AvgIpc) is 3.29. The molecule has 3 unspecified atom stereocenters. The lowest BCUT2D eigenvalue weighted by Gasteiger charge is -2.47. The van der Waals surface area contributed by atoms with Crippen LogP contribution in [-0.4, -0.2) is 44.7 Å². The summed E-state index contributed by atoms with van der Waals surface area (Å²) in [5.41, 5.74) is 3.12. The van der Waals surface area contributed by atoms with Crippen molar-refractivity contribution < 1.29 is 27.8 Å². The zero-order chi connectivity index (χ0) is 25.6. The Bertz CT molecular complexity index is 1330. The zero-order valence-corrected chi connectivity index (χ0v) is 19.9. The van der Waals surface area contributed by atoms with Crippen LogP contribution in [-0.2, 0) is 4.79 Å². The Balaban J connectivity index is 1.47. The Kier molecular flexibility index (Phi) is 6.34. The Morgan fingerprint density at radius 3 is 2.56 bits per heavy atom. The monoisotopic (exact) mass is 497 g/mol. The largest absolute Gasteiger partial charge is 0.495 e. The summed E-state index contributed by atoms with van der Waals surface area (Å²) in [6.45, 7) is 1.89. The first-order chi connectivity index (χ1) is 17.2. The highest BCUT2D eigenvalue weighted by Crippen LogP contribution is 2.41. The number of fused-ring (bicyclic) bond motifs is 1. The maximum absolute atomic E-state index is 14.0.